The first-order chi connectivity index (χ1) is 15.6. The Balaban J connectivity index is 1.28. The van der Waals surface area contributed by atoms with E-state index in [0.29, 0.717) is 6.42 Å². The van der Waals surface area contributed by atoms with Crippen molar-refractivity contribution in [3.63, 3.8) is 0 Å². The Hall–Kier alpha value is -2.86. The number of carbonyl (C=O) groups is 2. The number of hydrogen-bond donors (Lipinski definition) is 1. The number of rotatable bonds is 5. The van der Waals surface area contributed by atoms with Crippen molar-refractivity contribution in [3.8, 4) is 11.1 Å². The number of carboxylic acid groups (broad SMARTS) is 1. The van der Waals surface area contributed by atoms with Crippen LogP contribution in [0.5, 0.6) is 0 Å². The summed E-state index contributed by atoms with van der Waals surface area (Å²) in [6.45, 7) is 2.63. The number of aliphatic carboxylic acids is 1. The molecule has 2 aliphatic heterocycles. The van der Waals surface area contributed by atoms with E-state index in [4.69, 9.17) is 4.74 Å². The van der Waals surface area contributed by atoms with Gasteiger partial charge in [-0.25, -0.2) is 9.59 Å². The summed E-state index contributed by atoms with van der Waals surface area (Å²) in [5.74, 6) is -0.930. The van der Waals surface area contributed by atoms with Crippen LogP contribution in [0.1, 0.15) is 42.7 Å². The second-order valence-electron chi connectivity index (χ2n) is 9.67. The highest BCUT2D eigenvalue weighted by Crippen LogP contribution is 2.47. The van der Waals surface area contributed by atoms with Gasteiger partial charge in [0.25, 0.3) is 0 Å². The van der Waals surface area contributed by atoms with E-state index in [0.717, 1.165) is 50.0 Å². The molecule has 2 heterocycles. The molecule has 1 N–H and O–H groups in total. The molecule has 3 unspecified atom stereocenters. The quantitative estimate of drug-likeness (QED) is 0.775. The van der Waals surface area contributed by atoms with E-state index in [-0.39, 0.29) is 24.5 Å². The number of fused-ring (bicyclic) bond motifs is 5. The lowest BCUT2D eigenvalue weighted by Crippen LogP contribution is -2.65. The molecule has 2 aliphatic carbocycles. The zero-order chi connectivity index (χ0) is 21.9. The summed E-state index contributed by atoms with van der Waals surface area (Å²) in [4.78, 5) is 30.1. The Morgan fingerprint density at radius 1 is 1.00 bits per heavy atom. The molecule has 1 saturated carbocycles. The van der Waals surface area contributed by atoms with Crippen LogP contribution in [-0.2, 0) is 9.53 Å². The Labute approximate surface area is 187 Å². The zero-order valence-electron chi connectivity index (χ0n) is 18.1. The van der Waals surface area contributed by atoms with Gasteiger partial charge in [-0.05, 0) is 54.5 Å². The van der Waals surface area contributed by atoms with Crippen LogP contribution in [0.3, 0.4) is 0 Å². The van der Waals surface area contributed by atoms with Gasteiger partial charge in [-0.1, -0.05) is 48.5 Å². The number of carbonyl (C=O) groups excluding carboxylic acids is 1. The smallest absolute Gasteiger partial charge is 0.411 e. The maximum Gasteiger partial charge on any atom is 0.411 e. The number of piperidine rings is 1. The van der Waals surface area contributed by atoms with Crippen LogP contribution < -0.4 is 0 Å². The van der Waals surface area contributed by atoms with Gasteiger partial charge in [0.1, 0.15) is 12.1 Å². The van der Waals surface area contributed by atoms with E-state index in [2.05, 4.69) is 29.2 Å². The number of benzene rings is 2. The van der Waals surface area contributed by atoms with Crippen LogP contribution in [-0.4, -0.2) is 64.8 Å². The molecule has 2 aromatic carbocycles. The van der Waals surface area contributed by atoms with Crippen molar-refractivity contribution in [1.82, 2.24) is 9.80 Å². The Kier molecular flexibility index (Phi) is 4.54. The fraction of sp³-hybridized carbons (Fsp3) is 0.462. The number of nitrogens with zero attached hydrogens (tertiary/aromatic N) is 2. The molecule has 6 rings (SSSR count). The number of hydrogen-bond acceptors (Lipinski definition) is 4. The summed E-state index contributed by atoms with van der Waals surface area (Å²) in [7, 11) is 0. The van der Waals surface area contributed by atoms with E-state index in [1.807, 2.05) is 24.3 Å². The van der Waals surface area contributed by atoms with E-state index in [1.54, 1.807) is 4.90 Å². The first kappa shape index (κ1) is 19.8. The molecule has 4 aliphatic rings. The van der Waals surface area contributed by atoms with Crippen LogP contribution in [0, 0.1) is 5.92 Å². The van der Waals surface area contributed by atoms with Crippen molar-refractivity contribution >= 4 is 12.1 Å². The Bertz CT molecular complexity index is 1040. The third-order valence-corrected chi connectivity index (χ3v) is 8.00. The van der Waals surface area contributed by atoms with Gasteiger partial charge < -0.3 is 14.7 Å². The largest absolute Gasteiger partial charge is 0.479 e. The van der Waals surface area contributed by atoms with Gasteiger partial charge in [0.2, 0.25) is 0 Å². The molecule has 0 radical (unpaired) electrons. The fourth-order valence-electron chi connectivity index (χ4n) is 6.29. The third-order valence-electron chi connectivity index (χ3n) is 8.00. The van der Waals surface area contributed by atoms with Crippen molar-refractivity contribution in [1.29, 1.82) is 0 Å². The van der Waals surface area contributed by atoms with Crippen LogP contribution in [0.15, 0.2) is 48.5 Å². The molecule has 3 atom stereocenters. The zero-order valence-corrected chi connectivity index (χ0v) is 18.1. The molecule has 166 valence electrons. The van der Waals surface area contributed by atoms with Crippen molar-refractivity contribution in [2.45, 2.75) is 43.2 Å². The summed E-state index contributed by atoms with van der Waals surface area (Å²) in [6, 6.07) is 16.5. The topological polar surface area (TPSA) is 70.1 Å². The maximum atomic E-state index is 13.5. The Morgan fingerprint density at radius 2 is 1.66 bits per heavy atom. The van der Waals surface area contributed by atoms with Crippen molar-refractivity contribution in [3.05, 3.63) is 59.7 Å². The van der Waals surface area contributed by atoms with Gasteiger partial charge in [0.05, 0.1) is 0 Å². The minimum Gasteiger partial charge on any atom is -0.479 e. The SMILES string of the molecule is O=C(OCC1c2ccccc2-c2ccccc21)N(C1CC1)C1(C(=O)O)CCN2CCC1C2. The molecule has 32 heavy (non-hydrogen) atoms. The highest BCUT2D eigenvalue weighted by molar-refractivity contribution is 5.86. The molecule has 0 spiro atoms. The highest BCUT2D eigenvalue weighted by atomic mass is 16.6. The summed E-state index contributed by atoms with van der Waals surface area (Å²) in [5, 5.41) is 10.4. The van der Waals surface area contributed by atoms with Crippen LogP contribution in [0.2, 0.25) is 0 Å². The molecule has 6 nitrogen and oxygen atoms in total. The lowest BCUT2D eigenvalue weighted by molar-refractivity contribution is -0.157. The van der Waals surface area contributed by atoms with Crippen molar-refractivity contribution in [2.24, 2.45) is 5.92 Å². The summed E-state index contributed by atoms with van der Waals surface area (Å²) < 4.78 is 5.95. The number of amides is 1. The summed E-state index contributed by atoms with van der Waals surface area (Å²) in [6.07, 6.45) is 2.56. The van der Waals surface area contributed by atoms with Gasteiger partial charge in [0.15, 0.2) is 0 Å². The predicted molar refractivity (Wildman–Crippen MR) is 119 cm³/mol. The summed E-state index contributed by atoms with van der Waals surface area (Å²) >= 11 is 0. The minimum atomic E-state index is -1.14. The van der Waals surface area contributed by atoms with Gasteiger partial charge in [-0.3, -0.25) is 4.90 Å². The predicted octanol–water partition coefficient (Wildman–Crippen LogP) is 3.95. The average molecular weight is 433 g/mol. The second-order valence-corrected chi connectivity index (χ2v) is 9.67. The standard InChI is InChI=1S/C26H28N2O4/c29-24(30)26(12-14-27-13-11-17(26)15-27)28(18-9-10-18)25(31)32-16-23-21-7-3-1-5-19(21)20-6-2-4-8-22(20)23/h1-8,17-18,23H,9-16H2,(H,29,30). The third kappa shape index (κ3) is 2.89. The number of ether oxygens (including phenoxy) is 1. The van der Waals surface area contributed by atoms with Gasteiger partial charge in [-0.15, -0.1) is 0 Å². The van der Waals surface area contributed by atoms with Crippen molar-refractivity contribution in [2.75, 3.05) is 26.2 Å². The van der Waals surface area contributed by atoms with E-state index in [1.165, 1.54) is 11.1 Å². The lowest BCUT2D eigenvalue weighted by Gasteiger charge is -2.46. The molecule has 2 saturated heterocycles. The van der Waals surface area contributed by atoms with E-state index in [9.17, 15) is 14.7 Å². The second kappa shape index (κ2) is 7.34. The van der Waals surface area contributed by atoms with Crippen molar-refractivity contribution < 1.29 is 19.4 Å². The van der Waals surface area contributed by atoms with Crippen LogP contribution >= 0.6 is 0 Å². The monoisotopic (exact) mass is 432 g/mol. The van der Waals surface area contributed by atoms with Crippen LogP contribution in [0.25, 0.3) is 11.1 Å². The first-order valence-electron chi connectivity index (χ1n) is 11.7. The molecule has 2 bridgehead atoms. The number of carboxylic acids is 1. The molecule has 1 amide bonds. The summed E-state index contributed by atoms with van der Waals surface area (Å²) in [5.41, 5.74) is 3.55. The average Bonchev–Trinajstić information content (AvgIpc) is 3.48. The molecule has 3 fully saturated rings. The minimum absolute atomic E-state index is 0.0195. The van der Waals surface area contributed by atoms with Gasteiger partial charge in [-0.2, -0.15) is 0 Å². The Morgan fingerprint density at radius 3 is 2.28 bits per heavy atom. The van der Waals surface area contributed by atoms with E-state index < -0.39 is 17.6 Å². The first-order valence-corrected chi connectivity index (χ1v) is 11.7. The van der Waals surface area contributed by atoms with E-state index >= 15 is 0 Å². The van der Waals surface area contributed by atoms with Crippen LogP contribution in [0.4, 0.5) is 4.79 Å². The fourth-order valence-corrected chi connectivity index (χ4v) is 6.29. The maximum absolute atomic E-state index is 13.5. The van der Waals surface area contributed by atoms with Gasteiger partial charge >= 0.3 is 12.1 Å². The molecular formula is C26H28N2O4. The molecule has 6 heteroatoms. The normalized spacial score (nSPS) is 28.1. The highest BCUT2D eigenvalue weighted by Gasteiger charge is 2.60. The molecule has 2 aromatic rings. The van der Waals surface area contributed by atoms with Gasteiger partial charge in [0, 0.05) is 31.0 Å². The molecular weight excluding hydrogens is 404 g/mol. The molecule has 0 aromatic heterocycles. The lowest BCUT2D eigenvalue weighted by atomic mass is 9.77.